The average molecular weight is 415 g/mol. The fourth-order valence-corrected chi connectivity index (χ4v) is 3.76. The minimum atomic E-state index is -0.534. The van der Waals surface area contributed by atoms with E-state index in [1.807, 2.05) is 13.8 Å². The molecule has 2 unspecified atom stereocenters. The van der Waals surface area contributed by atoms with Crippen LogP contribution >= 0.6 is 11.6 Å². The van der Waals surface area contributed by atoms with Gasteiger partial charge >= 0.3 is 0 Å². The lowest BCUT2D eigenvalue weighted by atomic mass is 9.98. The number of piperidine rings is 1. The number of amides is 1. The smallest absolute Gasteiger partial charge is 0.261 e. The summed E-state index contributed by atoms with van der Waals surface area (Å²) in [7, 11) is 0. The van der Waals surface area contributed by atoms with Crippen molar-refractivity contribution in [1.82, 2.24) is 5.32 Å². The highest BCUT2D eigenvalue weighted by Gasteiger charge is 2.21. The van der Waals surface area contributed by atoms with Crippen molar-refractivity contribution in [2.75, 3.05) is 18.0 Å². The number of nitrogens with one attached hydrogen (secondary N) is 1. The van der Waals surface area contributed by atoms with Crippen molar-refractivity contribution in [1.29, 1.82) is 0 Å². The summed E-state index contributed by atoms with van der Waals surface area (Å²) in [6.07, 6.45) is 2.56. The molecule has 29 heavy (non-hydrogen) atoms. The van der Waals surface area contributed by atoms with E-state index in [2.05, 4.69) is 41.4 Å². The summed E-state index contributed by atoms with van der Waals surface area (Å²) in [4.78, 5) is 15.1. The van der Waals surface area contributed by atoms with Crippen LogP contribution in [0.1, 0.15) is 51.6 Å². The maximum atomic E-state index is 12.7. The highest BCUT2D eigenvalue weighted by atomic mass is 35.5. The van der Waals surface area contributed by atoms with Gasteiger partial charge in [-0.25, -0.2) is 0 Å². The van der Waals surface area contributed by atoms with Crippen LogP contribution in [0.5, 0.6) is 5.75 Å². The fourth-order valence-electron chi connectivity index (χ4n) is 3.63. The molecule has 0 saturated carbocycles. The van der Waals surface area contributed by atoms with Gasteiger partial charge in [0.25, 0.3) is 5.91 Å². The van der Waals surface area contributed by atoms with Crippen molar-refractivity contribution >= 4 is 23.2 Å². The zero-order chi connectivity index (χ0) is 20.8. The number of hydrogen-bond donors (Lipinski definition) is 1. The lowest BCUT2D eigenvalue weighted by Crippen LogP contribution is -2.39. The van der Waals surface area contributed by atoms with E-state index in [0.717, 1.165) is 24.6 Å². The van der Waals surface area contributed by atoms with Crippen LogP contribution in [-0.4, -0.2) is 25.1 Å². The van der Waals surface area contributed by atoms with E-state index in [4.69, 9.17) is 16.3 Å². The molecule has 1 heterocycles. The van der Waals surface area contributed by atoms with Crippen LogP contribution in [0.15, 0.2) is 48.5 Å². The molecule has 1 N–H and O–H groups in total. The Kier molecular flexibility index (Phi) is 7.43. The number of hydrogen-bond acceptors (Lipinski definition) is 3. The van der Waals surface area contributed by atoms with Crippen molar-refractivity contribution < 1.29 is 9.53 Å². The highest BCUT2D eigenvalue weighted by molar-refractivity contribution is 6.30. The van der Waals surface area contributed by atoms with Crippen LogP contribution in [0.25, 0.3) is 0 Å². The van der Waals surface area contributed by atoms with Crippen molar-refractivity contribution in [3.63, 3.8) is 0 Å². The van der Waals surface area contributed by atoms with Crippen molar-refractivity contribution in [2.45, 2.75) is 52.2 Å². The molecule has 1 amide bonds. The van der Waals surface area contributed by atoms with Gasteiger partial charge in [-0.3, -0.25) is 4.79 Å². The molecule has 0 aliphatic carbocycles. The average Bonchev–Trinajstić information content (AvgIpc) is 2.74. The number of halogens is 1. The predicted molar refractivity (Wildman–Crippen MR) is 120 cm³/mol. The zero-order valence-corrected chi connectivity index (χ0v) is 18.3. The van der Waals surface area contributed by atoms with Crippen LogP contribution in [0.3, 0.4) is 0 Å². The SMILES string of the molecule is CCC(Oc1ccc(Cl)cc1)C(=O)NC(C)c1ccc(N2CCC(C)CC2)cc1. The number of carbonyl (C=O) groups excluding carboxylic acids is 1. The number of anilines is 1. The second kappa shape index (κ2) is 10.0. The van der Waals surface area contributed by atoms with E-state index in [9.17, 15) is 4.79 Å². The monoisotopic (exact) mass is 414 g/mol. The van der Waals surface area contributed by atoms with Crippen molar-refractivity contribution in [3.8, 4) is 5.75 Å². The highest BCUT2D eigenvalue weighted by Crippen LogP contribution is 2.25. The number of nitrogens with zero attached hydrogens (tertiary/aromatic N) is 1. The molecule has 4 nitrogen and oxygen atoms in total. The van der Waals surface area contributed by atoms with Gasteiger partial charge in [-0.1, -0.05) is 37.6 Å². The Morgan fingerprint density at radius 3 is 2.34 bits per heavy atom. The summed E-state index contributed by atoms with van der Waals surface area (Å²) in [5, 5.41) is 3.72. The molecule has 5 heteroatoms. The van der Waals surface area contributed by atoms with Gasteiger partial charge < -0.3 is 15.0 Å². The molecule has 156 valence electrons. The maximum absolute atomic E-state index is 12.7. The first-order valence-electron chi connectivity index (χ1n) is 10.5. The van der Waals surface area contributed by atoms with Crippen molar-refractivity contribution in [3.05, 3.63) is 59.1 Å². The Morgan fingerprint density at radius 2 is 1.76 bits per heavy atom. The summed E-state index contributed by atoms with van der Waals surface area (Å²) in [6.45, 7) is 8.51. The normalized spacial score (nSPS) is 16.9. The number of ether oxygens (including phenoxy) is 1. The quantitative estimate of drug-likeness (QED) is 0.640. The molecule has 2 atom stereocenters. The number of benzene rings is 2. The van der Waals surface area contributed by atoms with E-state index in [1.165, 1.54) is 18.5 Å². The number of rotatable bonds is 7. The predicted octanol–water partition coefficient (Wildman–Crippen LogP) is 5.61. The van der Waals surface area contributed by atoms with Crippen molar-refractivity contribution in [2.24, 2.45) is 5.92 Å². The van der Waals surface area contributed by atoms with Gasteiger partial charge in [-0.05, 0) is 74.1 Å². The van der Waals surface area contributed by atoms with Crippen LogP contribution in [-0.2, 0) is 4.79 Å². The summed E-state index contributed by atoms with van der Waals surface area (Å²) in [5.74, 6) is 1.36. The molecule has 1 aliphatic heterocycles. The van der Waals surface area contributed by atoms with Crippen LogP contribution in [0.2, 0.25) is 5.02 Å². The van der Waals surface area contributed by atoms with E-state index >= 15 is 0 Å². The van der Waals surface area contributed by atoms with E-state index < -0.39 is 6.10 Å². The van der Waals surface area contributed by atoms with E-state index in [-0.39, 0.29) is 11.9 Å². The molecule has 0 bridgehead atoms. The minimum Gasteiger partial charge on any atom is -0.481 e. The largest absolute Gasteiger partial charge is 0.481 e. The topological polar surface area (TPSA) is 41.6 Å². The standard InChI is InChI=1S/C24H31ClN2O2/c1-4-23(29-22-11-7-20(25)8-12-22)24(28)26-18(3)19-5-9-21(10-6-19)27-15-13-17(2)14-16-27/h5-12,17-18,23H,4,13-16H2,1-3H3,(H,26,28). The van der Waals surface area contributed by atoms with Gasteiger partial charge in [0.1, 0.15) is 5.75 Å². The Balaban J connectivity index is 1.57. The lowest BCUT2D eigenvalue weighted by Gasteiger charge is -2.32. The van der Waals surface area contributed by atoms with Crippen LogP contribution in [0, 0.1) is 5.92 Å². The summed E-state index contributed by atoms with van der Waals surface area (Å²) in [5.41, 5.74) is 2.35. The Hall–Kier alpha value is -2.20. The van der Waals surface area contributed by atoms with E-state index in [1.54, 1.807) is 24.3 Å². The van der Waals surface area contributed by atoms with E-state index in [0.29, 0.717) is 17.2 Å². The van der Waals surface area contributed by atoms with Gasteiger partial charge in [0.05, 0.1) is 6.04 Å². The molecule has 2 aromatic rings. The zero-order valence-electron chi connectivity index (χ0n) is 17.5. The minimum absolute atomic E-state index is 0.0826. The Bertz CT molecular complexity index is 784. The Labute approximate surface area is 179 Å². The molecule has 0 radical (unpaired) electrons. The Morgan fingerprint density at radius 1 is 1.14 bits per heavy atom. The first-order valence-corrected chi connectivity index (χ1v) is 10.9. The molecular weight excluding hydrogens is 384 g/mol. The molecule has 1 saturated heterocycles. The first kappa shape index (κ1) is 21.5. The summed E-state index contributed by atoms with van der Waals surface area (Å²) in [6, 6.07) is 15.5. The van der Waals surface area contributed by atoms with Gasteiger partial charge in [0, 0.05) is 23.8 Å². The summed E-state index contributed by atoms with van der Waals surface area (Å²) >= 11 is 5.91. The molecular formula is C24H31ClN2O2. The van der Waals surface area contributed by atoms with Crippen LogP contribution in [0.4, 0.5) is 5.69 Å². The fraction of sp³-hybridized carbons (Fsp3) is 0.458. The van der Waals surface area contributed by atoms with Gasteiger partial charge in [-0.2, -0.15) is 0 Å². The van der Waals surface area contributed by atoms with Gasteiger partial charge in [-0.15, -0.1) is 0 Å². The maximum Gasteiger partial charge on any atom is 0.261 e. The first-order chi connectivity index (χ1) is 14.0. The molecule has 1 fully saturated rings. The van der Waals surface area contributed by atoms with Crippen LogP contribution < -0.4 is 15.0 Å². The molecule has 0 spiro atoms. The second-order valence-electron chi connectivity index (χ2n) is 7.96. The van der Waals surface area contributed by atoms with Gasteiger partial charge in [0.15, 0.2) is 6.10 Å². The molecule has 2 aromatic carbocycles. The summed E-state index contributed by atoms with van der Waals surface area (Å²) < 4.78 is 5.85. The third-order valence-electron chi connectivity index (χ3n) is 5.66. The molecule has 0 aromatic heterocycles. The third-order valence-corrected chi connectivity index (χ3v) is 5.91. The second-order valence-corrected chi connectivity index (χ2v) is 8.40. The lowest BCUT2D eigenvalue weighted by molar-refractivity contribution is -0.128. The molecule has 3 rings (SSSR count). The third kappa shape index (κ3) is 5.89. The number of carbonyl (C=O) groups is 1. The molecule has 1 aliphatic rings. The van der Waals surface area contributed by atoms with Gasteiger partial charge in [0.2, 0.25) is 0 Å².